The van der Waals surface area contributed by atoms with Crippen LogP contribution < -0.4 is 19.5 Å². The number of ether oxygens (including phenoxy) is 2. The number of nitrogens with zero attached hydrogens (tertiary/aromatic N) is 3. The number of nitrogens with one attached hydrogen (secondary N) is 2. The molecule has 14 heteroatoms. The van der Waals surface area contributed by atoms with E-state index in [2.05, 4.69) is 24.8 Å². The molecule has 2 aromatic rings. The van der Waals surface area contributed by atoms with Gasteiger partial charge in [0.25, 0.3) is 0 Å². The Morgan fingerprint density at radius 3 is 2.30 bits per heavy atom. The number of hydrogen-bond donors (Lipinski definition) is 3. The lowest BCUT2D eigenvalue weighted by atomic mass is 10.0. The summed E-state index contributed by atoms with van der Waals surface area (Å²) in [6.45, 7) is 0.922. The van der Waals surface area contributed by atoms with Crippen molar-refractivity contribution in [2.24, 2.45) is 5.92 Å². The smallest absolute Gasteiger partial charge is 0.373 e. The molecule has 13 nitrogen and oxygen atoms in total. The Bertz CT molecular complexity index is 1120. The fourth-order valence-corrected chi connectivity index (χ4v) is 3.83. The van der Waals surface area contributed by atoms with E-state index in [4.69, 9.17) is 9.47 Å². The third-order valence-electron chi connectivity index (χ3n) is 4.50. The highest BCUT2D eigenvalue weighted by Gasteiger charge is 2.35. The van der Waals surface area contributed by atoms with Crippen molar-refractivity contribution >= 4 is 33.8 Å². The fourth-order valence-electron chi connectivity index (χ4n) is 2.82. The Morgan fingerprint density at radius 2 is 1.76 bits per heavy atom. The van der Waals surface area contributed by atoms with Crippen LogP contribution >= 0.6 is 0 Å². The number of aromatic nitrogens is 2. The standard InChI is InChI=1S/C19H23N5O8S/c1-11(25)32-24(19(27)22-18-20-15(30-2)10-16(21-18)31-3)33(28,29)23-14-7-5-4-6-13(14)17(26)12-8-9-12/h4-7,10,12,17,23,26H,8-9H2,1-3H3,(H,20,21,22,27). The zero-order chi connectivity index (χ0) is 24.2. The zero-order valence-electron chi connectivity index (χ0n) is 18.0. The first-order chi connectivity index (χ1) is 15.6. The van der Waals surface area contributed by atoms with Crippen molar-refractivity contribution in [3.63, 3.8) is 0 Å². The molecule has 1 saturated carbocycles. The molecule has 1 atom stereocenters. The van der Waals surface area contributed by atoms with E-state index in [1.807, 2.05) is 0 Å². The van der Waals surface area contributed by atoms with Crippen LogP contribution in [0.1, 0.15) is 31.4 Å². The van der Waals surface area contributed by atoms with E-state index in [0.29, 0.717) is 5.56 Å². The van der Waals surface area contributed by atoms with Gasteiger partial charge in [0.15, 0.2) is 0 Å². The molecule has 0 saturated heterocycles. The largest absolute Gasteiger partial charge is 0.481 e. The molecule has 33 heavy (non-hydrogen) atoms. The number of methoxy groups -OCH3 is 2. The summed E-state index contributed by atoms with van der Waals surface area (Å²) in [5, 5.41) is 12.6. The van der Waals surface area contributed by atoms with Gasteiger partial charge < -0.3 is 19.4 Å². The lowest BCUT2D eigenvalue weighted by Gasteiger charge is -2.22. The first-order valence-corrected chi connectivity index (χ1v) is 11.1. The predicted octanol–water partition coefficient (Wildman–Crippen LogP) is 1.61. The average Bonchev–Trinajstić information content (AvgIpc) is 3.62. The van der Waals surface area contributed by atoms with Crippen LogP contribution in [0, 0.1) is 5.92 Å². The van der Waals surface area contributed by atoms with Crippen molar-refractivity contribution in [2.75, 3.05) is 24.3 Å². The molecule has 1 aromatic carbocycles. The van der Waals surface area contributed by atoms with Gasteiger partial charge in [-0.05, 0) is 29.3 Å². The molecule has 0 spiro atoms. The number of urea groups is 1. The number of hydrogen-bond acceptors (Lipinski definition) is 10. The summed E-state index contributed by atoms with van der Waals surface area (Å²) in [6, 6.07) is 6.11. The van der Waals surface area contributed by atoms with E-state index in [1.54, 1.807) is 18.2 Å². The normalized spacial score (nSPS) is 14.1. The number of anilines is 2. The summed E-state index contributed by atoms with van der Waals surface area (Å²) in [4.78, 5) is 36.7. The number of aliphatic hydroxyl groups excluding tert-OH is 1. The van der Waals surface area contributed by atoms with Crippen LogP contribution in [0.25, 0.3) is 0 Å². The van der Waals surface area contributed by atoms with E-state index in [0.717, 1.165) is 19.8 Å². The van der Waals surface area contributed by atoms with Crippen molar-refractivity contribution < 1.29 is 37.4 Å². The van der Waals surface area contributed by atoms with E-state index >= 15 is 0 Å². The molecule has 178 valence electrons. The van der Waals surface area contributed by atoms with Crippen LogP contribution in [-0.2, 0) is 19.8 Å². The van der Waals surface area contributed by atoms with Gasteiger partial charge in [-0.25, -0.2) is 9.59 Å². The van der Waals surface area contributed by atoms with Gasteiger partial charge in [0.2, 0.25) is 17.7 Å². The molecule has 1 aliphatic rings. The van der Waals surface area contributed by atoms with Crippen LogP contribution in [0.15, 0.2) is 30.3 Å². The Hall–Kier alpha value is -3.65. The lowest BCUT2D eigenvalue weighted by molar-refractivity contribution is -0.158. The van der Waals surface area contributed by atoms with Gasteiger partial charge in [0.1, 0.15) is 0 Å². The van der Waals surface area contributed by atoms with Crippen LogP contribution in [0.3, 0.4) is 0 Å². The molecular formula is C19H23N5O8S. The second-order valence-corrected chi connectivity index (χ2v) is 8.48. The van der Waals surface area contributed by atoms with Crippen LogP contribution in [0.4, 0.5) is 16.4 Å². The van der Waals surface area contributed by atoms with E-state index in [-0.39, 0.29) is 33.8 Å². The molecule has 0 bridgehead atoms. The quantitative estimate of drug-likeness (QED) is 0.471. The third kappa shape index (κ3) is 5.98. The van der Waals surface area contributed by atoms with Gasteiger partial charge in [-0.1, -0.05) is 18.2 Å². The molecule has 1 heterocycles. The first-order valence-electron chi connectivity index (χ1n) is 9.71. The highest BCUT2D eigenvalue weighted by molar-refractivity contribution is 7.90. The second kappa shape index (κ2) is 9.87. The van der Waals surface area contributed by atoms with Gasteiger partial charge in [-0.3, -0.25) is 10.0 Å². The first kappa shape index (κ1) is 24.0. The number of hydroxylamine groups is 1. The van der Waals surface area contributed by atoms with Crippen molar-refractivity contribution in [2.45, 2.75) is 25.9 Å². The molecule has 3 rings (SSSR count). The molecule has 2 amide bonds. The maximum Gasteiger partial charge on any atom is 0.373 e. The summed E-state index contributed by atoms with van der Waals surface area (Å²) in [5.41, 5.74) is 0.355. The number of para-hydroxylation sites is 1. The summed E-state index contributed by atoms with van der Waals surface area (Å²) >= 11 is 0. The van der Waals surface area contributed by atoms with E-state index in [1.165, 1.54) is 26.4 Å². The van der Waals surface area contributed by atoms with E-state index in [9.17, 15) is 23.1 Å². The lowest BCUT2D eigenvalue weighted by Crippen LogP contribution is -2.44. The zero-order valence-corrected chi connectivity index (χ0v) is 18.8. The third-order valence-corrected chi connectivity index (χ3v) is 5.65. The molecule has 1 unspecified atom stereocenters. The minimum absolute atomic E-state index is 0.0173. The number of amides is 2. The highest BCUT2D eigenvalue weighted by Crippen LogP contribution is 2.43. The molecule has 1 aromatic heterocycles. The van der Waals surface area contributed by atoms with Crippen molar-refractivity contribution in [1.29, 1.82) is 0 Å². The Balaban J connectivity index is 1.88. The number of carbonyl (C=O) groups excluding carboxylic acids is 2. The number of carbonyl (C=O) groups is 2. The van der Waals surface area contributed by atoms with Crippen molar-refractivity contribution in [1.82, 2.24) is 14.4 Å². The predicted molar refractivity (Wildman–Crippen MR) is 114 cm³/mol. The maximum atomic E-state index is 13.0. The van der Waals surface area contributed by atoms with Gasteiger partial charge in [-0.15, -0.1) is 0 Å². The number of aliphatic hydroxyl groups is 1. The summed E-state index contributed by atoms with van der Waals surface area (Å²) in [5.74, 6) is -1.37. The summed E-state index contributed by atoms with van der Waals surface area (Å²) in [7, 11) is -2.14. The number of rotatable bonds is 8. The maximum absolute atomic E-state index is 13.0. The van der Waals surface area contributed by atoms with E-state index < -0.39 is 28.3 Å². The molecule has 1 aliphatic carbocycles. The topological polar surface area (TPSA) is 169 Å². The summed E-state index contributed by atoms with van der Waals surface area (Å²) in [6.07, 6.45) is 0.736. The SMILES string of the molecule is COc1cc(OC)nc(NC(=O)N(OC(C)=O)S(=O)(=O)Nc2ccccc2C(O)C2CC2)n1. The van der Waals surface area contributed by atoms with Crippen molar-refractivity contribution in [3.05, 3.63) is 35.9 Å². The van der Waals surface area contributed by atoms with Crippen molar-refractivity contribution in [3.8, 4) is 11.8 Å². The van der Waals surface area contributed by atoms with Gasteiger partial charge in [-0.2, -0.15) is 18.4 Å². The average molecular weight is 481 g/mol. The Labute approximate surface area is 189 Å². The van der Waals surface area contributed by atoms with Crippen LogP contribution in [0.2, 0.25) is 0 Å². The fraction of sp³-hybridized carbons (Fsp3) is 0.368. The molecule has 3 N–H and O–H groups in total. The molecule has 0 radical (unpaired) electrons. The van der Waals surface area contributed by atoms with Crippen LogP contribution in [-0.4, -0.2) is 54.2 Å². The Morgan fingerprint density at radius 1 is 1.15 bits per heavy atom. The second-order valence-electron chi connectivity index (χ2n) is 6.99. The number of benzene rings is 1. The minimum Gasteiger partial charge on any atom is -0.481 e. The molecule has 0 aliphatic heterocycles. The monoisotopic (exact) mass is 481 g/mol. The highest BCUT2D eigenvalue weighted by atomic mass is 32.2. The molecular weight excluding hydrogens is 458 g/mol. The minimum atomic E-state index is -4.78. The van der Waals surface area contributed by atoms with Gasteiger partial charge in [0.05, 0.1) is 32.1 Å². The van der Waals surface area contributed by atoms with Gasteiger partial charge >= 0.3 is 22.2 Å². The van der Waals surface area contributed by atoms with Gasteiger partial charge in [0, 0.05) is 12.5 Å². The van der Waals surface area contributed by atoms with Crippen LogP contribution in [0.5, 0.6) is 11.8 Å². The molecule has 1 fully saturated rings. The summed E-state index contributed by atoms with van der Waals surface area (Å²) < 4.78 is 37.9. The Kier molecular flexibility index (Phi) is 7.18.